The molecule has 0 saturated carbocycles. The Labute approximate surface area is 105 Å². The van der Waals surface area contributed by atoms with E-state index in [-0.39, 0.29) is 0 Å². The van der Waals surface area contributed by atoms with Gasteiger partial charge >= 0.3 is 0 Å². The van der Waals surface area contributed by atoms with Crippen LogP contribution in [0.25, 0.3) is 5.65 Å². The number of aldehydes is 1. The number of hydrogen-bond donors (Lipinski definition) is 1. The zero-order chi connectivity index (χ0) is 12.4. The zero-order valence-electron chi connectivity index (χ0n) is 10.2. The van der Waals surface area contributed by atoms with Crippen molar-refractivity contribution in [2.75, 3.05) is 13.1 Å². The van der Waals surface area contributed by atoms with Crippen LogP contribution in [0.5, 0.6) is 0 Å². The summed E-state index contributed by atoms with van der Waals surface area (Å²) in [5, 5.41) is 7.83. The first-order chi connectivity index (χ1) is 8.86. The predicted octanol–water partition coefficient (Wildman–Crippen LogP) is 1.08. The summed E-state index contributed by atoms with van der Waals surface area (Å²) < 4.78 is 1.69. The number of aromatic nitrogens is 3. The van der Waals surface area contributed by atoms with Gasteiger partial charge in [0, 0.05) is 12.6 Å². The van der Waals surface area contributed by atoms with E-state index < -0.39 is 0 Å². The van der Waals surface area contributed by atoms with Crippen molar-refractivity contribution in [3.63, 3.8) is 0 Å². The SMILES string of the molecule is O=Cc1cccn2nc(CC3CCCNC3)nc12. The van der Waals surface area contributed by atoms with Crippen molar-refractivity contribution in [2.45, 2.75) is 19.3 Å². The van der Waals surface area contributed by atoms with Crippen LogP contribution in [0.4, 0.5) is 0 Å². The van der Waals surface area contributed by atoms with Crippen LogP contribution >= 0.6 is 0 Å². The largest absolute Gasteiger partial charge is 0.316 e. The van der Waals surface area contributed by atoms with E-state index in [1.54, 1.807) is 10.6 Å². The van der Waals surface area contributed by atoms with Gasteiger partial charge in [-0.05, 0) is 44.0 Å². The Bertz CT molecular complexity index is 557. The lowest BCUT2D eigenvalue weighted by Crippen LogP contribution is -2.31. The molecule has 5 nitrogen and oxygen atoms in total. The van der Waals surface area contributed by atoms with E-state index >= 15 is 0 Å². The molecule has 0 aliphatic carbocycles. The molecule has 0 bridgehead atoms. The van der Waals surface area contributed by atoms with Gasteiger partial charge in [-0.15, -0.1) is 0 Å². The van der Waals surface area contributed by atoms with Crippen LogP contribution in [0.15, 0.2) is 18.3 Å². The minimum absolute atomic E-state index is 0.595. The second-order valence-electron chi connectivity index (χ2n) is 4.79. The number of carbonyl (C=O) groups is 1. The van der Waals surface area contributed by atoms with Gasteiger partial charge in [0.05, 0.1) is 5.56 Å². The van der Waals surface area contributed by atoms with Crippen LogP contribution < -0.4 is 5.32 Å². The fraction of sp³-hybridized carbons (Fsp3) is 0.462. The second kappa shape index (κ2) is 4.86. The Morgan fingerprint density at radius 1 is 1.56 bits per heavy atom. The van der Waals surface area contributed by atoms with E-state index in [4.69, 9.17) is 0 Å². The van der Waals surface area contributed by atoms with Crippen molar-refractivity contribution < 1.29 is 4.79 Å². The minimum Gasteiger partial charge on any atom is -0.316 e. The highest BCUT2D eigenvalue weighted by atomic mass is 16.1. The fourth-order valence-corrected chi connectivity index (χ4v) is 2.51. The zero-order valence-corrected chi connectivity index (χ0v) is 10.2. The fourth-order valence-electron chi connectivity index (χ4n) is 2.51. The van der Waals surface area contributed by atoms with Gasteiger partial charge < -0.3 is 5.32 Å². The standard InChI is InChI=1S/C13H16N4O/c18-9-11-4-2-6-17-13(11)15-12(16-17)7-10-3-1-5-14-8-10/h2,4,6,9-10,14H,1,3,5,7-8H2. The number of fused-ring (bicyclic) bond motifs is 1. The summed E-state index contributed by atoms with van der Waals surface area (Å²) in [6.45, 7) is 2.15. The summed E-state index contributed by atoms with van der Waals surface area (Å²) in [6, 6.07) is 3.58. The third kappa shape index (κ3) is 2.13. The Morgan fingerprint density at radius 2 is 2.50 bits per heavy atom. The quantitative estimate of drug-likeness (QED) is 0.821. The Hall–Kier alpha value is -1.75. The number of hydrogen-bond acceptors (Lipinski definition) is 4. The maximum absolute atomic E-state index is 10.9. The minimum atomic E-state index is 0.595. The van der Waals surface area contributed by atoms with Crippen LogP contribution in [-0.2, 0) is 6.42 Å². The van der Waals surface area contributed by atoms with Gasteiger partial charge in [-0.25, -0.2) is 9.50 Å². The van der Waals surface area contributed by atoms with Crippen molar-refractivity contribution >= 4 is 11.9 Å². The van der Waals surface area contributed by atoms with E-state index in [0.717, 1.165) is 31.6 Å². The number of piperidine rings is 1. The summed E-state index contributed by atoms with van der Waals surface area (Å²) in [4.78, 5) is 15.4. The highest BCUT2D eigenvalue weighted by Gasteiger charge is 2.16. The molecule has 1 N–H and O–H groups in total. The monoisotopic (exact) mass is 244 g/mol. The lowest BCUT2D eigenvalue weighted by Gasteiger charge is -2.21. The molecule has 3 heterocycles. The Morgan fingerprint density at radius 3 is 3.28 bits per heavy atom. The topological polar surface area (TPSA) is 59.3 Å². The normalized spacial score (nSPS) is 20.1. The smallest absolute Gasteiger partial charge is 0.166 e. The summed E-state index contributed by atoms with van der Waals surface area (Å²) >= 11 is 0. The molecule has 0 amide bonds. The van der Waals surface area contributed by atoms with Crippen molar-refractivity contribution in [3.05, 3.63) is 29.7 Å². The van der Waals surface area contributed by atoms with Crippen molar-refractivity contribution in [1.82, 2.24) is 19.9 Å². The first-order valence-corrected chi connectivity index (χ1v) is 6.37. The molecular weight excluding hydrogens is 228 g/mol. The van der Waals surface area contributed by atoms with E-state index in [0.29, 0.717) is 17.1 Å². The van der Waals surface area contributed by atoms with Crippen molar-refractivity contribution in [2.24, 2.45) is 5.92 Å². The van der Waals surface area contributed by atoms with E-state index in [1.807, 2.05) is 12.3 Å². The number of nitrogens with zero attached hydrogens (tertiary/aromatic N) is 3. The summed E-state index contributed by atoms with van der Waals surface area (Å²) in [5.74, 6) is 1.44. The van der Waals surface area contributed by atoms with Crippen LogP contribution in [0.2, 0.25) is 0 Å². The van der Waals surface area contributed by atoms with Crippen LogP contribution in [-0.4, -0.2) is 34.0 Å². The maximum atomic E-state index is 10.9. The summed E-state index contributed by atoms with van der Waals surface area (Å²) in [6.07, 6.45) is 5.99. The van der Waals surface area contributed by atoms with E-state index in [2.05, 4.69) is 15.4 Å². The number of pyridine rings is 1. The van der Waals surface area contributed by atoms with Gasteiger partial charge in [0.1, 0.15) is 0 Å². The van der Waals surface area contributed by atoms with Crippen LogP contribution in [0, 0.1) is 5.92 Å². The molecule has 1 aliphatic heterocycles. The lowest BCUT2D eigenvalue weighted by molar-refractivity contribution is 0.112. The molecule has 1 atom stereocenters. The molecule has 0 spiro atoms. The van der Waals surface area contributed by atoms with Gasteiger partial charge in [-0.2, -0.15) is 5.10 Å². The van der Waals surface area contributed by atoms with E-state index in [1.165, 1.54) is 12.8 Å². The van der Waals surface area contributed by atoms with Gasteiger partial charge in [0.2, 0.25) is 0 Å². The van der Waals surface area contributed by atoms with Gasteiger partial charge in [-0.3, -0.25) is 4.79 Å². The first kappa shape index (κ1) is 11.3. The molecule has 1 aliphatic rings. The highest BCUT2D eigenvalue weighted by molar-refractivity contribution is 5.83. The Kier molecular flexibility index (Phi) is 3.06. The molecule has 1 fully saturated rings. The Balaban J connectivity index is 1.86. The molecule has 94 valence electrons. The lowest BCUT2D eigenvalue weighted by atomic mass is 9.96. The number of carbonyl (C=O) groups excluding carboxylic acids is 1. The third-order valence-corrected chi connectivity index (χ3v) is 3.43. The van der Waals surface area contributed by atoms with Crippen molar-refractivity contribution in [1.29, 1.82) is 0 Å². The molecule has 0 radical (unpaired) electrons. The molecule has 1 unspecified atom stereocenters. The van der Waals surface area contributed by atoms with Crippen LogP contribution in [0.1, 0.15) is 29.0 Å². The maximum Gasteiger partial charge on any atom is 0.166 e. The van der Waals surface area contributed by atoms with E-state index in [9.17, 15) is 4.79 Å². The van der Waals surface area contributed by atoms with Crippen molar-refractivity contribution in [3.8, 4) is 0 Å². The molecule has 1 saturated heterocycles. The van der Waals surface area contributed by atoms with Gasteiger partial charge in [0.15, 0.2) is 17.8 Å². The predicted molar refractivity (Wildman–Crippen MR) is 67.7 cm³/mol. The summed E-state index contributed by atoms with van der Waals surface area (Å²) in [5.41, 5.74) is 1.25. The average Bonchev–Trinajstić information content (AvgIpc) is 2.82. The first-order valence-electron chi connectivity index (χ1n) is 6.37. The highest BCUT2D eigenvalue weighted by Crippen LogP contribution is 2.15. The molecule has 5 heteroatoms. The molecule has 2 aromatic rings. The van der Waals surface area contributed by atoms with Crippen LogP contribution in [0.3, 0.4) is 0 Å². The molecule has 3 rings (SSSR count). The summed E-state index contributed by atoms with van der Waals surface area (Å²) in [7, 11) is 0. The average molecular weight is 244 g/mol. The van der Waals surface area contributed by atoms with Gasteiger partial charge in [-0.1, -0.05) is 0 Å². The number of rotatable bonds is 3. The molecule has 2 aromatic heterocycles. The third-order valence-electron chi connectivity index (χ3n) is 3.43. The van der Waals surface area contributed by atoms with Gasteiger partial charge in [0.25, 0.3) is 0 Å². The molecule has 0 aromatic carbocycles. The second-order valence-corrected chi connectivity index (χ2v) is 4.79. The molecule has 18 heavy (non-hydrogen) atoms. The molecular formula is C13H16N4O. The number of nitrogens with one attached hydrogen (secondary N) is 1.